The number of fused-ring (bicyclic) bond motifs is 2. The molecule has 2 fully saturated rings. The van der Waals surface area contributed by atoms with Crippen LogP contribution in [0.15, 0.2) is 30.3 Å². The first-order valence-corrected chi connectivity index (χ1v) is 8.34. The lowest BCUT2D eigenvalue weighted by Crippen LogP contribution is -2.44. The second kappa shape index (κ2) is 5.52. The summed E-state index contributed by atoms with van der Waals surface area (Å²) in [5.74, 6) is 3.05. The molecule has 1 nitrogen and oxygen atoms in total. The van der Waals surface area contributed by atoms with Gasteiger partial charge in [-0.15, -0.1) is 0 Å². The van der Waals surface area contributed by atoms with E-state index in [1.54, 1.807) is 0 Å². The van der Waals surface area contributed by atoms with Crippen LogP contribution in [-0.2, 0) is 5.41 Å². The highest BCUT2D eigenvalue weighted by Crippen LogP contribution is 2.50. The van der Waals surface area contributed by atoms with Gasteiger partial charge in [0.25, 0.3) is 0 Å². The molecular weight excluding hydrogens is 242 g/mol. The van der Waals surface area contributed by atoms with Crippen molar-refractivity contribution >= 4 is 0 Å². The van der Waals surface area contributed by atoms with Crippen molar-refractivity contribution in [2.45, 2.75) is 57.4 Å². The smallest absolute Gasteiger partial charge is 0.0158 e. The third-order valence-corrected chi connectivity index (χ3v) is 6.16. The highest BCUT2D eigenvalue weighted by molar-refractivity contribution is 5.26. The Kier molecular flexibility index (Phi) is 3.90. The lowest BCUT2D eigenvalue weighted by molar-refractivity contribution is 0.236. The van der Waals surface area contributed by atoms with Crippen molar-refractivity contribution in [1.82, 2.24) is 5.32 Å². The molecule has 4 unspecified atom stereocenters. The van der Waals surface area contributed by atoms with Crippen LogP contribution in [0, 0.1) is 17.8 Å². The molecule has 0 radical (unpaired) electrons. The van der Waals surface area contributed by atoms with E-state index in [0.717, 1.165) is 17.8 Å². The van der Waals surface area contributed by atoms with Crippen LogP contribution in [0.25, 0.3) is 0 Å². The Labute approximate surface area is 124 Å². The first kappa shape index (κ1) is 14.1. The molecule has 1 heteroatoms. The maximum Gasteiger partial charge on any atom is 0.0158 e. The predicted octanol–water partition coefficient (Wildman–Crippen LogP) is 4.38. The van der Waals surface area contributed by atoms with Gasteiger partial charge in [-0.1, -0.05) is 50.6 Å². The van der Waals surface area contributed by atoms with Gasteiger partial charge in [-0.2, -0.15) is 0 Å². The van der Waals surface area contributed by atoms with Crippen LogP contribution >= 0.6 is 0 Å². The summed E-state index contributed by atoms with van der Waals surface area (Å²) in [6.07, 6.45) is 7.37. The molecule has 0 aliphatic heterocycles. The molecule has 0 saturated heterocycles. The van der Waals surface area contributed by atoms with Crippen LogP contribution in [-0.4, -0.2) is 13.1 Å². The van der Waals surface area contributed by atoms with E-state index in [4.69, 9.17) is 0 Å². The molecule has 2 aliphatic rings. The molecule has 20 heavy (non-hydrogen) atoms. The Hall–Kier alpha value is -0.820. The molecule has 1 aromatic carbocycles. The largest absolute Gasteiger partial charge is 0.316 e. The number of benzene rings is 1. The van der Waals surface area contributed by atoms with Crippen molar-refractivity contribution in [1.29, 1.82) is 0 Å². The fourth-order valence-corrected chi connectivity index (χ4v) is 4.81. The fraction of sp³-hybridized carbons (Fsp3) is 0.684. The second-order valence-corrected chi connectivity index (χ2v) is 7.60. The molecule has 1 N–H and O–H groups in total. The normalized spacial score (nSPS) is 30.6. The molecular formula is C19H29N. The third kappa shape index (κ3) is 2.53. The first-order valence-electron chi connectivity index (χ1n) is 8.34. The number of hydrogen-bond acceptors (Lipinski definition) is 1. The lowest BCUT2D eigenvalue weighted by atomic mass is 9.72. The van der Waals surface area contributed by atoms with Crippen LogP contribution < -0.4 is 5.32 Å². The molecule has 3 rings (SSSR count). The van der Waals surface area contributed by atoms with Crippen molar-refractivity contribution in [3.8, 4) is 0 Å². The van der Waals surface area contributed by atoms with E-state index in [-0.39, 0.29) is 5.41 Å². The topological polar surface area (TPSA) is 12.0 Å². The van der Waals surface area contributed by atoms with E-state index in [9.17, 15) is 0 Å². The maximum absolute atomic E-state index is 3.63. The molecule has 2 bridgehead atoms. The van der Waals surface area contributed by atoms with Gasteiger partial charge in [0, 0.05) is 11.5 Å². The van der Waals surface area contributed by atoms with Gasteiger partial charge in [-0.3, -0.25) is 0 Å². The van der Waals surface area contributed by atoms with Gasteiger partial charge in [0.15, 0.2) is 0 Å². The SMILES string of the molecule is CNC(CC1CC2CCC1C2)C(C)(C)c1ccccc1. The molecule has 1 aromatic rings. The molecule has 0 aromatic heterocycles. The fourth-order valence-electron chi connectivity index (χ4n) is 4.81. The summed E-state index contributed by atoms with van der Waals surface area (Å²) in [6, 6.07) is 11.6. The Morgan fingerprint density at radius 3 is 2.45 bits per heavy atom. The zero-order valence-electron chi connectivity index (χ0n) is 13.2. The number of nitrogens with one attached hydrogen (secondary N) is 1. The van der Waals surface area contributed by atoms with Crippen molar-refractivity contribution in [2.24, 2.45) is 17.8 Å². The molecule has 0 heterocycles. The van der Waals surface area contributed by atoms with E-state index in [1.807, 2.05) is 0 Å². The van der Waals surface area contributed by atoms with Crippen LogP contribution in [0.3, 0.4) is 0 Å². The van der Waals surface area contributed by atoms with Crippen molar-refractivity contribution in [3.05, 3.63) is 35.9 Å². The molecule has 0 amide bonds. The molecule has 2 saturated carbocycles. The number of hydrogen-bond donors (Lipinski definition) is 1. The van der Waals surface area contributed by atoms with E-state index in [1.165, 1.54) is 37.7 Å². The molecule has 4 atom stereocenters. The summed E-state index contributed by atoms with van der Waals surface area (Å²) in [5.41, 5.74) is 1.67. The zero-order chi connectivity index (χ0) is 14.2. The monoisotopic (exact) mass is 271 g/mol. The van der Waals surface area contributed by atoms with Crippen LogP contribution in [0.1, 0.15) is 51.5 Å². The minimum Gasteiger partial charge on any atom is -0.316 e. The van der Waals surface area contributed by atoms with Crippen LogP contribution in [0.2, 0.25) is 0 Å². The molecule has 2 aliphatic carbocycles. The summed E-state index contributed by atoms with van der Waals surface area (Å²) < 4.78 is 0. The molecule has 110 valence electrons. The van der Waals surface area contributed by atoms with Crippen molar-refractivity contribution in [3.63, 3.8) is 0 Å². The molecule has 0 spiro atoms. The lowest BCUT2D eigenvalue weighted by Gasteiger charge is -2.38. The van der Waals surface area contributed by atoms with Gasteiger partial charge in [-0.05, 0) is 56.0 Å². The third-order valence-electron chi connectivity index (χ3n) is 6.16. The zero-order valence-corrected chi connectivity index (χ0v) is 13.2. The Morgan fingerprint density at radius 1 is 1.15 bits per heavy atom. The Balaban J connectivity index is 1.72. The van der Waals surface area contributed by atoms with Crippen LogP contribution in [0.5, 0.6) is 0 Å². The van der Waals surface area contributed by atoms with Crippen molar-refractivity contribution in [2.75, 3.05) is 7.05 Å². The van der Waals surface area contributed by atoms with Crippen molar-refractivity contribution < 1.29 is 0 Å². The van der Waals surface area contributed by atoms with Gasteiger partial charge < -0.3 is 5.32 Å². The second-order valence-electron chi connectivity index (χ2n) is 7.60. The van der Waals surface area contributed by atoms with E-state index in [0.29, 0.717) is 6.04 Å². The van der Waals surface area contributed by atoms with Gasteiger partial charge in [-0.25, -0.2) is 0 Å². The maximum atomic E-state index is 3.63. The van der Waals surface area contributed by atoms with E-state index in [2.05, 4.69) is 56.5 Å². The summed E-state index contributed by atoms with van der Waals surface area (Å²) in [4.78, 5) is 0. The number of rotatable bonds is 5. The van der Waals surface area contributed by atoms with E-state index >= 15 is 0 Å². The minimum atomic E-state index is 0.206. The quantitative estimate of drug-likeness (QED) is 0.838. The standard InChI is InChI=1S/C19H29N/c1-19(2,17-7-5-4-6-8-17)18(20-3)13-16-12-14-9-10-15(16)11-14/h4-8,14-16,18,20H,9-13H2,1-3H3. The Bertz CT molecular complexity index is 436. The average Bonchev–Trinajstić information content (AvgIpc) is 3.08. The Morgan fingerprint density at radius 2 is 1.90 bits per heavy atom. The van der Waals surface area contributed by atoms with Gasteiger partial charge in [0.1, 0.15) is 0 Å². The highest BCUT2D eigenvalue weighted by atomic mass is 14.9. The van der Waals surface area contributed by atoms with Gasteiger partial charge in [0.2, 0.25) is 0 Å². The highest BCUT2D eigenvalue weighted by Gasteiger charge is 2.42. The predicted molar refractivity (Wildman–Crippen MR) is 85.9 cm³/mol. The number of likely N-dealkylation sites (N-methyl/N-ethyl adjacent to an activating group) is 1. The van der Waals surface area contributed by atoms with Crippen LogP contribution in [0.4, 0.5) is 0 Å². The van der Waals surface area contributed by atoms with Gasteiger partial charge >= 0.3 is 0 Å². The average molecular weight is 271 g/mol. The summed E-state index contributed by atoms with van der Waals surface area (Å²) in [7, 11) is 2.14. The van der Waals surface area contributed by atoms with E-state index < -0.39 is 0 Å². The summed E-state index contributed by atoms with van der Waals surface area (Å²) in [6.45, 7) is 4.80. The van der Waals surface area contributed by atoms with Gasteiger partial charge in [0.05, 0.1) is 0 Å². The first-order chi connectivity index (χ1) is 9.61. The summed E-state index contributed by atoms with van der Waals surface area (Å²) >= 11 is 0. The summed E-state index contributed by atoms with van der Waals surface area (Å²) in [5, 5.41) is 3.63. The minimum absolute atomic E-state index is 0.206.